The molecular formula is C13H12N6OS2. The Balaban J connectivity index is 1.63. The summed E-state index contributed by atoms with van der Waals surface area (Å²) < 4.78 is 0. The van der Waals surface area contributed by atoms with Gasteiger partial charge < -0.3 is 4.90 Å². The maximum atomic E-state index is 12.5. The van der Waals surface area contributed by atoms with Gasteiger partial charge in [-0.05, 0) is 24.3 Å². The molecule has 0 spiro atoms. The zero-order valence-corrected chi connectivity index (χ0v) is 13.1. The van der Waals surface area contributed by atoms with Crippen LogP contribution in [0.3, 0.4) is 0 Å². The SMILES string of the molecule is O=C(Nc1nncs1)C1CCCN1c1ncnc2sccc12. The molecule has 1 amide bonds. The van der Waals surface area contributed by atoms with Crippen molar-refractivity contribution in [3.05, 3.63) is 23.3 Å². The topological polar surface area (TPSA) is 83.9 Å². The molecule has 1 fully saturated rings. The van der Waals surface area contributed by atoms with Crippen molar-refractivity contribution in [1.82, 2.24) is 20.2 Å². The molecule has 0 aromatic carbocycles. The second-order valence-electron chi connectivity index (χ2n) is 4.92. The number of anilines is 2. The highest BCUT2D eigenvalue weighted by Gasteiger charge is 2.33. The van der Waals surface area contributed by atoms with Crippen LogP contribution < -0.4 is 10.2 Å². The normalized spacial score (nSPS) is 18.0. The average Bonchev–Trinajstić information content (AvgIpc) is 3.27. The lowest BCUT2D eigenvalue weighted by Crippen LogP contribution is -2.40. The molecule has 1 aliphatic rings. The fourth-order valence-electron chi connectivity index (χ4n) is 2.71. The maximum absolute atomic E-state index is 12.5. The molecule has 0 radical (unpaired) electrons. The number of hydrogen-bond donors (Lipinski definition) is 1. The highest BCUT2D eigenvalue weighted by atomic mass is 32.1. The predicted octanol–water partition coefficient (Wildman–Crippen LogP) is 2.15. The first-order valence-corrected chi connectivity index (χ1v) is 8.61. The number of nitrogens with one attached hydrogen (secondary N) is 1. The van der Waals surface area contributed by atoms with Crippen LogP contribution in [-0.2, 0) is 4.79 Å². The van der Waals surface area contributed by atoms with Crippen molar-refractivity contribution in [2.75, 3.05) is 16.8 Å². The van der Waals surface area contributed by atoms with Gasteiger partial charge in [-0.15, -0.1) is 21.5 Å². The first-order chi connectivity index (χ1) is 10.8. The number of nitrogens with zero attached hydrogens (tertiary/aromatic N) is 5. The lowest BCUT2D eigenvalue weighted by Gasteiger charge is -2.24. The van der Waals surface area contributed by atoms with E-state index in [1.807, 2.05) is 11.4 Å². The van der Waals surface area contributed by atoms with Gasteiger partial charge in [-0.2, -0.15) is 0 Å². The number of amides is 1. The Morgan fingerprint density at radius 2 is 2.32 bits per heavy atom. The van der Waals surface area contributed by atoms with Crippen molar-refractivity contribution >= 4 is 49.7 Å². The monoisotopic (exact) mass is 332 g/mol. The number of carbonyl (C=O) groups excluding carboxylic acids is 1. The van der Waals surface area contributed by atoms with E-state index < -0.39 is 0 Å². The third-order valence-corrected chi connectivity index (χ3v) is 5.09. The Hall–Kier alpha value is -2.13. The summed E-state index contributed by atoms with van der Waals surface area (Å²) >= 11 is 2.89. The van der Waals surface area contributed by atoms with Crippen molar-refractivity contribution < 1.29 is 4.79 Å². The van der Waals surface area contributed by atoms with Crippen molar-refractivity contribution in [1.29, 1.82) is 0 Å². The molecule has 1 atom stereocenters. The Kier molecular flexibility index (Phi) is 3.43. The molecule has 1 saturated heterocycles. The van der Waals surface area contributed by atoms with Crippen LogP contribution in [0.5, 0.6) is 0 Å². The summed E-state index contributed by atoms with van der Waals surface area (Å²) in [6.07, 6.45) is 3.33. The fourth-order valence-corrected chi connectivity index (χ4v) is 3.89. The van der Waals surface area contributed by atoms with Crippen LogP contribution >= 0.6 is 22.7 Å². The van der Waals surface area contributed by atoms with Gasteiger partial charge in [0.25, 0.3) is 0 Å². The molecule has 0 bridgehead atoms. The van der Waals surface area contributed by atoms with Gasteiger partial charge in [0.15, 0.2) is 0 Å². The van der Waals surface area contributed by atoms with E-state index in [2.05, 4.69) is 30.4 Å². The van der Waals surface area contributed by atoms with E-state index in [-0.39, 0.29) is 11.9 Å². The van der Waals surface area contributed by atoms with Crippen LogP contribution in [0.25, 0.3) is 10.2 Å². The summed E-state index contributed by atoms with van der Waals surface area (Å²) in [7, 11) is 0. The van der Waals surface area contributed by atoms with E-state index in [1.54, 1.807) is 23.2 Å². The molecule has 22 heavy (non-hydrogen) atoms. The summed E-state index contributed by atoms with van der Waals surface area (Å²) in [4.78, 5) is 24.2. The minimum Gasteiger partial charge on any atom is -0.344 e. The highest BCUT2D eigenvalue weighted by Crippen LogP contribution is 2.32. The lowest BCUT2D eigenvalue weighted by atomic mass is 10.2. The maximum Gasteiger partial charge on any atom is 0.248 e. The second kappa shape index (κ2) is 5.58. The predicted molar refractivity (Wildman–Crippen MR) is 86.3 cm³/mol. The zero-order chi connectivity index (χ0) is 14.9. The summed E-state index contributed by atoms with van der Waals surface area (Å²) in [6, 6.07) is 1.77. The lowest BCUT2D eigenvalue weighted by molar-refractivity contribution is -0.117. The quantitative estimate of drug-likeness (QED) is 0.791. The van der Waals surface area contributed by atoms with Gasteiger partial charge in [-0.3, -0.25) is 10.1 Å². The average molecular weight is 332 g/mol. The van der Waals surface area contributed by atoms with E-state index in [0.29, 0.717) is 5.13 Å². The van der Waals surface area contributed by atoms with Crippen LogP contribution in [0.15, 0.2) is 23.3 Å². The molecular weight excluding hydrogens is 320 g/mol. The molecule has 0 saturated carbocycles. The summed E-state index contributed by atoms with van der Waals surface area (Å²) in [5, 5.41) is 14.0. The van der Waals surface area contributed by atoms with Gasteiger partial charge in [0.2, 0.25) is 11.0 Å². The Morgan fingerprint density at radius 3 is 3.18 bits per heavy atom. The molecule has 4 heterocycles. The molecule has 7 nitrogen and oxygen atoms in total. The Morgan fingerprint density at radius 1 is 1.36 bits per heavy atom. The van der Waals surface area contributed by atoms with Gasteiger partial charge in [0.1, 0.15) is 28.5 Å². The Bertz CT molecular complexity index is 802. The molecule has 9 heteroatoms. The number of fused-ring (bicyclic) bond motifs is 1. The van der Waals surface area contributed by atoms with Gasteiger partial charge in [0.05, 0.1) is 5.39 Å². The number of thiophene rings is 1. The highest BCUT2D eigenvalue weighted by molar-refractivity contribution is 7.16. The largest absolute Gasteiger partial charge is 0.344 e. The van der Waals surface area contributed by atoms with Crippen LogP contribution in [0.1, 0.15) is 12.8 Å². The van der Waals surface area contributed by atoms with E-state index in [1.165, 1.54) is 11.3 Å². The van der Waals surface area contributed by atoms with Gasteiger partial charge >= 0.3 is 0 Å². The van der Waals surface area contributed by atoms with Crippen LogP contribution in [0.2, 0.25) is 0 Å². The smallest absolute Gasteiger partial charge is 0.248 e. The van der Waals surface area contributed by atoms with Crippen LogP contribution in [0.4, 0.5) is 10.9 Å². The number of carbonyl (C=O) groups is 1. The first-order valence-electron chi connectivity index (χ1n) is 6.85. The Labute approximate surface area is 134 Å². The van der Waals surface area contributed by atoms with Crippen LogP contribution in [-0.4, -0.2) is 38.7 Å². The first kappa shape index (κ1) is 13.5. The minimum atomic E-state index is -0.234. The second-order valence-corrected chi connectivity index (χ2v) is 6.65. The fraction of sp³-hybridized carbons (Fsp3) is 0.308. The van der Waals surface area contributed by atoms with Crippen molar-refractivity contribution in [3.8, 4) is 0 Å². The molecule has 0 aliphatic carbocycles. The molecule has 1 unspecified atom stereocenters. The molecule has 1 aliphatic heterocycles. The standard InChI is InChI=1S/C13H12N6OS2/c20-11(17-13-18-16-7-22-13)9-2-1-4-19(9)10-8-3-5-21-12(8)15-6-14-10/h3,5-7,9H,1-2,4H2,(H,17,18,20). The van der Waals surface area contributed by atoms with Gasteiger partial charge in [-0.1, -0.05) is 11.3 Å². The van der Waals surface area contributed by atoms with Crippen LogP contribution in [0, 0.1) is 0 Å². The van der Waals surface area contributed by atoms with Crippen molar-refractivity contribution in [3.63, 3.8) is 0 Å². The summed E-state index contributed by atoms with van der Waals surface area (Å²) in [5.41, 5.74) is 1.60. The molecule has 4 rings (SSSR count). The van der Waals surface area contributed by atoms with E-state index in [0.717, 1.165) is 35.4 Å². The van der Waals surface area contributed by atoms with Gasteiger partial charge in [0, 0.05) is 6.54 Å². The summed E-state index contributed by atoms with van der Waals surface area (Å²) in [5.74, 6) is 0.775. The van der Waals surface area contributed by atoms with E-state index in [9.17, 15) is 4.79 Å². The molecule has 3 aromatic rings. The van der Waals surface area contributed by atoms with Crippen molar-refractivity contribution in [2.24, 2.45) is 0 Å². The molecule has 3 aromatic heterocycles. The number of aromatic nitrogens is 4. The minimum absolute atomic E-state index is 0.0590. The van der Waals surface area contributed by atoms with Crippen molar-refractivity contribution in [2.45, 2.75) is 18.9 Å². The van der Waals surface area contributed by atoms with Gasteiger partial charge in [-0.25, -0.2) is 9.97 Å². The van der Waals surface area contributed by atoms with E-state index in [4.69, 9.17) is 0 Å². The molecule has 112 valence electrons. The molecule has 1 N–H and O–H groups in total. The summed E-state index contributed by atoms with van der Waals surface area (Å²) in [6.45, 7) is 0.816. The zero-order valence-electron chi connectivity index (χ0n) is 11.5. The third-order valence-electron chi connectivity index (χ3n) is 3.66. The third kappa shape index (κ3) is 2.32. The number of hydrogen-bond acceptors (Lipinski definition) is 8. The van der Waals surface area contributed by atoms with E-state index >= 15 is 0 Å². The number of rotatable bonds is 3.